The molecule has 1 amide bonds. The number of furan rings is 1. The summed E-state index contributed by atoms with van der Waals surface area (Å²) >= 11 is 0. The van der Waals surface area contributed by atoms with E-state index in [0.29, 0.717) is 17.1 Å². The van der Waals surface area contributed by atoms with Crippen LogP contribution in [0, 0.1) is 13.8 Å². The third-order valence-electron chi connectivity index (χ3n) is 3.09. The monoisotopic (exact) mass is 255 g/mol. The molecule has 96 valence electrons. The Bertz CT molecular complexity index is 735. The van der Waals surface area contributed by atoms with E-state index in [4.69, 9.17) is 4.42 Å². The molecule has 0 aliphatic heterocycles. The Morgan fingerprint density at radius 3 is 2.84 bits per heavy atom. The van der Waals surface area contributed by atoms with Gasteiger partial charge in [-0.3, -0.25) is 9.89 Å². The second-order valence-electron chi connectivity index (χ2n) is 4.42. The summed E-state index contributed by atoms with van der Waals surface area (Å²) in [4.78, 5) is 12.2. The molecule has 0 aliphatic rings. The number of fused-ring (bicyclic) bond motifs is 1. The van der Waals surface area contributed by atoms with E-state index in [1.165, 1.54) is 0 Å². The highest BCUT2D eigenvalue weighted by atomic mass is 16.3. The number of anilines is 1. The maximum atomic E-state index is 12.2. The Hall–Kier alpha value is -2.56. The minimum absolute atomic E-state index is 0.207. The minimum Gasteiger partial charge on any atom is -0.469 e. The summed E-state index contributed by atoms with van der Waals surface area (Å²) in [5.74, 6) is 0.927. The first-order chi connectivity index (χ1) is 9.16. The number of rotatable bonds is 2. The van der Waals surface area contributed by atoms with Crippen LogP contribution in [-0.4, -0.2) is 16.1 Å². The number of hydrogen-bond donors (Lipinski definition) is 2. The first-order valence-corrected chi connectivity index (χ1v) is 5.96. The normalized spacial score (nSPS) is 10.8. The molecular formula is C14H13N3O2. The van der Waals surface area contributed by atoms with Gasteiger partial charge in [0.25, 0.3) is 5.91 Å². The zero-order chi connectivity index (χ0) is 13.4. The number of hydrogen-bond acceptors (Lipinski definition) is 3. The van der Waals surface area contributed by atoms with Crippen molar-refractivity contribution < 1.29 is 9.21 Å². The van der Waals surface area contributed by atoms with E-state index in [1.807, 2.05) is 31.2 Å². The van der Waals surface area contributed by atoms with Crippen molar-refractivity contribution in [3.05, 3.63) is 47.4 Å². The molecule has 2 aromatic heterocycles. The van der Waals surface area contributed by atoms with Crippen LogP contribution in [0.3, 0.4) is 0 Å². The summed E-state index contributed by atoms with van der Waals surface area (Å²) in [5.41, 5.74) is 2.26. The lowest BCUT2D eigenvalue weighted by Crippen LogP contribution is -2.13. The molecule has 5 nitrogen and oxygen atoms in total. The van der Waals surface area contributed by atoms with Gasteiger partial charge in [-0.15, -0.1) is 0 Å². The molecule has 0 spiro atoms. The lowest BCUT2D eigenvalue weighted by molar-refractivity contribution is 0.102. The molecule has 0 unspecified atom stereocenters. The number of carbonyl (C=O) groups excluding carboxylic acids is 1. The first kappa shape index (κ1) is 11.5. The summed E-state index contributed by atoms with van der Waals surface area (Å²) in [6.07, 6.45) is 1.58. The van der Waals surface area contributed by atoms with Crippen molar-refractivity contribution in [3.63, 3.8) is 0 Å². The molecule has 0 saturated carbocycles. The molecular weight excluding hydrogens is 242 g/mol. The van der Waals surface area contributed by atoms with Crippen LogP contribution in [0.5, 0.6) is 0 Å². The van der Waals surface area contributed by atoms with E-state index in [-0.39, 0.29) is 5.91 Å². The number of aromatic nitrogens is 2. The summed E-state index contributed by atoms with van der Waals surface area (Å²) < 4.78 is 5.23. The van der Waals surface area contributed by atoms with Crippen LogP contribution in [-0.2, 0) is 0 Å². The largest absolute Gasteiger partial charge is 0.469 e. The van der Waals surface area contributed by atoms with E-state index in [1.54, 1.807) is 13.2 Å². The number of nitrogens with one attached hydrogen (secondary N) is 2. The molecule has 19 heavy (non-hydrogen) atoms. The molecule has 0 fully saturated rings. The SMILES string of the molecule is Cc1coc(C)c1C(=O)Nc1n[nH]c2ccccc12. The van der Waals surface area contributed by atoms with Gasteiger partial charge in [0.2, 0.25) is 0 Å². The van der Waals surface area contributed by atoms with Crippen LogP contribution in [0.4, 0.5) is 5.82 Å². The summed E-state index contributed by atoms with van der Waals surface area (Å²) in [6.45, 7) is 3.61. The number of nitrogens with zero attached hydrogens (tertiary/aromatic N) is 1. The maximum Gasteiger partial charge on any atom is 0.260 e. The second kappa shape index (κ2) is 4.28. The van der Waals surface area contributed by atoms with Gasteiger partial charge in [0, 0.05) is 10.9 Å². The molecule has 3 aromatic rings. The summed E-state index contributed by atoms with van der Waals surface area (Å²) in [5, 5.41) is 10.7. The molecule has 0 atom stereocenters. The maximum absolute atomic E-state index is 12.2. The minimum atomic E-state index is -0.207. The number of aryl methyl sites for hydroxylation is 2. The Kier molecular flexibility index (Phi) is 2.59. The Labute approximate surface area is 109 Å². The highest BCUT2D eigenvalue weighted by molar-refractivity contribution is 6.09. The van der Waals surface area contributed by atoms with E-state index in [9.17, 15) is 4.79 Å². The van der Waals surface area contributed by atoms with Crippen molar-refractivity contribution >= 4 is 22.6 Å². The molecule has 2 heterocycles. The fraction of sp³-hybridized carbons (Fsp3) is 0.143. The van der Waals surface area contributed by atoms with Gasteiger partial charge in [-0.1, -0.05) is 12.1 Å². The fourth-order valence-electron chi connectivity index (χ4n) is 2.14. The van der Waals surface area contributed by atoms with Gasteiger partial charge in [0.1, 0.15) is 5.76 Å². The van der Waals surface area contributed by atoms with Crippen molar-refractivity contribution in [3.8, 4) is 0 Å². The van der Waals surface area contributed by atoms with E-state index in [0.717, 1.165) is 16.5 Å². The highest BCUT2D eigenvalue weighted by Gasteiger charge is 2.17. The predicted octanol–water partition coefficient (Wildman–Crippen LogP) is 3.03. The van der Waals surface area contributed by atoms with Crippen LogP contribution in [0.1, 0.15) is 21.7 Å². The van der Waals surface area contributed by atoms with Crippen LogP contribution < -0.4 is 5.32 Å². The molecule has 1 aromatic carbocycles. The van der Waals surface area contributed by atoms with Gasteiger partial charge in [-0.05, 0) is 26.0 Å². The first-order valence-electron chi connectivity index (χ1n) is 5.96. The quantitative estimate of drug-likeness (QED) is 0.739. The van der Waals surface area contributed by atoms with Crippen molar-refractivity contribution in [2.24, 2.45) is 0 Å². The molecule has 5 heteroatoms. The van der Waals surface area contributed by atoms with E-state index < -0.39 is 0 Å². The summed E-state index contributed by atoms with van der Waals surface area (Å²) in [6, 6.07) is 7.63. The molecule has 0 aliphatic carbocycles. The van der Waals surface area contributed by atoms with Crippen molar-refractivity contribution in [1.82, 2.24) is 10.2 Å². The average Bonchev–Trinajstić information content (AvgIpc) is 2.94. The molecule has 3 rings (SSSR count). The summed E-state index contributed by atoms with van der Waals surface area (Å²) in [7, 11) is 0. The zero-order valence-electron chi connectivity index (χ0n) is 10.7. The van der Waals surface area contributed by atoms with Crippen molar-refractivity contribution in [1.29, 1.82) is 0 Å². The number of benzene rings is 1. The second-order valence-corrected chi connectivity index (χ2v) is 4.42. The predicted molar refractivity (Wildman–Crippen MR) is 72.2 cm³/mol. The van der Waals surface area contributed by atoms with Crippen LogP contribution in [0.15, 0.2) is 34.9 Å². The third-order valence-corrected chi connectivity index (χ3v) is 3.09. The smallest absolute Gasteiger partial charge is 0.260 e. The number of H-pyrrole nitrogens is 1. The standard InChI is InChI=1S/C14H13N3O2/c1-8-7-19-9(2)12(8)14(18)15-13-10-5-3-4-6-11(10)16-17-13/h3-7H,1-2H3,(H2,15,16,17,18). The van der Waals surface area contributed by atoms with Gasteiger partial charge >= 0.3 is 0 Å². The molecule has 2 N–H and O–H groups in total. The number of aromatic amines is 1. The van der Waals surface area contributed by atoms with Crippen LogP contribution >= 0.6 is 0 Å². The number of para-hydroxylation sites is 1. The fourth-order valence-corrected chi connectivity index (χ4v) is 2.14. The third kappa shape index (κ3) is 1.89. The van der Waals surface area contributed by atoms with Gasteiger partial charge in [-0.2, -0.15) is 5.10 Å². The van der Waals surface area contributed by atoms with Crippen molar-refractivity contribution in [2.45, 2.75) is 13.8 Å². The number of carbonyl (C=O) groups is 1. The van der Waals surface area contributed by atoms with Gasteiger partial charge in [0.15, 0.2) is 5.82 Å². The van der Waals surface area contributed by atoms with Crippen LogP contribution in [0.25, 0.3) is 10.9 Å². The molecule has 0 radical (unpaired) electrons. The van der Waals surface area contributed by atoms with E-state index in [2.05, 4.69) is 15.5 Å². The van der Waals surface area contributed by atoms with Crippen molar-refractivity contribution in [2.75, 3.05) is 5.32 Å². The molecule has 0 saturated heterocycles. The zero-order valence-corrected chi connectivity index (χ0v) is 10.7. The Morgan fingerprint density at radius 2 is 2.11 bits per heavy atom. The van der Waals surface area contributed by atoms with Crippen LogP contribution in [0.2, 0.25) is 0 Å². The Morgan fingerprint density at radius 1 is 1.32 bits per heavy atom. The topological polar surface area (TPSA) is 70.9 Å². The van der Waals surface area contributed by atoms with Gasteiger partial charge in [-0.25, -0.2) is 0 Å². The van der Waals surface area contributed by atoms with Gasteiger partial charge in [0.05, 0.1) is 17.3 Å². The molecule has 0 bridgehead atoms. The Balaban J connectivity index is 1.96. The van der Waals surface area contributed by atoms with Gasteiger partial charge < -0.3 is 9.73 Å². The van der Waals surface area contributed by atoms with E-state index >= 15 is 0 Å². The highest BCUT2D eigenvalue weighted by Crippen LogP contribution is 2.22. The number of amides is 1. The lowest BCUT2D eigenvalue weighted by Gasteiger charge is -2.02. The average molecular weight is 255 g/mol. The lowest BCUT2D eigenvalue weighted by atomic mass is 10.1.